The Bertz CT molecular complexity index is 875. The Hall–Kier alpha value is -2.33. The van der Waals surface area contributed by atoms with Crippen LogP contribution in [0.3, 0.4) is 0 Å². The monoisotopic (exact) mass is 440 g/mol. The number of amides is 2. The van der Waals surface area contributed by atoms with Gasteiger partial charge in [-0.1, -0.05) is 67.8 Å². The summed E-state index contributed by atoms with van der Waals surface area (Å²) in [5, 5.41) is 3.77. The highest BCUT2D eigenvalue weighted by Crippen LogP contribution is 2.20. The Labute approximate surface area is 191 Å². The number of aryl methyl sites for hydroxylation is 2. The van der Waals surface area contributed by atoms with Gasteiger partial charge < -0.3 is 10.2 Å². The zero-order valence-corrected chi connectivity index (χ0v) is 19.3. The lowest BCUT2D eigenvalue weighted by Gasteiger charge is -2.30. The van der Waals surface area contributed by atoms with E-state index in [0.29, 0.717) is 24.4 Å². The van der Waals surface area contributed by atoms with Crippen molar-refractivity contribution in [2.75, 3.05) is 0 Å². The second-order valence-corrected chi connectivity index (χ2v) is 8.92. The molecule has 0 aliphatic heterocycles. The molecule has 166 valence electrons. The Balaban J connectivity index is 1.69. The minimum Gasteiger partial charge on any atom is -0.352 e. The van der Waals surface area contributed by atoms with E-state index in [1.807, 2.05) is 31.2 Å². The fourth-order valence-corrected chi connectivity index (χ4v) is 4.36. The smallest absolute Gasteiger partial charge is 0.242 e. The van der Waals surface area contributed by atoms with Crippen LogP contribution < -0.4 is 5.32 Å². The van der Waals surface area contributed by atoms with Crippen molar-refractivity contribution < 1.29 is 9.59 Å². The standard InChI is InChI=1S/C26H33ClN2O2/c1-3-20-11-13-21(14-12-20)15-16-25(30)29(18-22-7-6-8-23(27)17-22)19(2)26(31)28-24-9-4-5-10-24/h6-8,11-14,17,19,24H,3-5,9-10,15-16,18H2,1-2H3,(H,28,31)/t19-/m0/s1. The van der Waals surface area contributed by atoms with Crippen molar-refractivity contribution in [2.45, 2.75) is 77.4 Å². The summed E-state index contributed by atoms with van der Waals surface area (Å²) >= 11 is 6.15. The molecule has 0 bridgehead atoms. The lowest BCUT2D eigenvalue weighted by Crippen LogP contribution is -2.49. The number of hydrogen-bond donors (Lipinski definition) is 1. The van der Waals surface area contributed by atoms with E-state index in [0.717, 1.165) is 43.2 Å². The van der Waals surface area contributed by atoms with E-state index in [9.17, 15) is 9.59 Å². The van der Waals surface area contributed by atoms with Crippen LogP contribution in [-0.2, 0) is 29.0 Å². The molecule has 0 aromatic heterocycles. The molecule has 1 aliphatic carbocycles. The Morgan fingerprint density at radius 3 is 2.39 bits per heavy atom. The van der Waals surface area contributed by atoms with Crippen LogP contribution in [0.4, 0.5) is 0 Å². The second kappa shape index (κ2) is 11.3. The maximum Gasteiger partial charge on any atom is 0.242 e. The van der Waals surface area contributed by atoms with Crippen molar-refractivity contribution >= 4 is 23.4 Å². The number of halogens is 1. The van der Waals surface area contributed by atoms with Crippen LogP contribution in [0.2, 0.25) is 5.02 Å². The summed E-state index contributed by atoms with van der Waals surface area (Å²) in [6.45, 7) is 4.32. The molecule has 2 aromatic rings. The number of carbonyl (C=O) groups excluding carboxylic acids is 2. The predicted octanol–water partition coefficient (Wildman–Crippen LogP) is 5.31. The van der Waals surface area contributed by atoms with Crippen molar-refractivity contribution in [3.05, 3.63) is 70.2 Å². The average molecular weight is 441 g/mol. The molecular formula is C26H33ClN2O2. The molecule has 0 heterocycles. The molecule has 1 saturated carbocycles. The number of benzene rings is 2. The molecular weight excluding hydrogens is 408 g/mol. The van der Waals surface area contributed by atoms with Crippen LogP contribution in [0, 0.1) is 0 Å². The van der Waals surface area contributed by atoms with E-state index in [1.165, 1.54) is 5.56 Å². The van der Waals surface area contributed by atoms with E-state index in [-0.39, 0.29) is 17.9 Å². The first kappa shape index (κ1) is 23.3. The lowest BCUT2D eigenvalue weighted by molar-refractivity contribution is -0.140. The van der Waals surface area contributed by atoms with Gasteiger partial charge in [-0.2, -0.15) is 0 Å². The summed E-state index contributed by atoms with van der Waals surface area (Å²) in [6.07, 6.45) is 6.38. The SMILES string of the molecule is CCc1ccc(CCC(=O)N(Cc2cccc(Cl)c2)[C@@H](C)C(=O)NC2CCCC2)cc1. The van der Waals surface area contributed by atoms with Crippen LogP contribution in [0.5, 0.6) is 0 Å². The van der Waals surface area contributed by atoms with Crippen molar-refractivity contribution in [1.82, 2.24) is 10.2 Å². The largest absolute Gasteiger partial charge is 0.352 e. The first-order chi connectivity index (χ1) is 15.0. The van der Waals surface area contributed by atoms with Gasteiger partial charge in [0.25, 0.3) is 0 Å². The third kappa shape index (κ3) is 6.83. The Morgan fingerprint density at radius 1 is 1.06 bits per heavy atom. The van der Waals surface area contributed by atoms with Crippen LogP contribution >= 0.6 is 11.6 Å². The Morgan fingerprint density at radius 2 is 1.74 bits per heavy atom. The topological polar surface area (TPSA) is 49.4 Å². The number of nitrogens with one attached hydrogen (secondary N) is 1. The van der Waals surface area contributed by atoms with Crippen molar-refractivity contribution in [3.8, 4) is 0 Å². The number of rotatable bonds is 9. The zero-order valence-electron chi connectivity index (χ0n) is 18.6. The van der Waals surface area contributed by atoms with Gasteiger partial charge in [0.1, 0.15) is 6.04 Å². The minimum absolute atomic E-state index is 0.0198. The fourth-order valence-electron chi connectivity index (χ4n) is 4.14. The summed E-state index contributed by atoms with van der Waals surface area (Å²) in [7, 11) is 0. The van der Waals surface area contributed by atoms with Gasteiger partial charge in [0.2, 0.25) is 11.8 Å². The molecule has 1 atom stereocenters. The van der Waals surface area contributed by atoms with Gasteiger partial charge in [0.05, 0.1) is 0 Å². The van der Waals surface area contributed by atoms with Gasteiger partial charge in [0, 0.05) is 24.0 Å². The maximum absolute atomic E-state index is 13.2. The molecule has 0 unspecified atom stereocenters. The summed E-state index contributed by atoms with van der Waals surface area (Å²) in [4.78, 5) is 27.8. The highest BCUT2D eigenvalue weighted by Gasteiger charge is 2.28. The van der Waals surface area contributed by atoms with E-state index in [4.69, 9.17) is 11.6 Å². The molecule has 0 spiro atoms. The van der Waals surface area contributed by atoms with E-state index < -0.39 is 6.04 Å². The average Bonchev–Trinajstić information content (AvgIpc) is 3.28. The van der Waals surface area contributed by atoms with Crippen LogP contribution in [0.1, 0.15) is 62.6 Å². The highest BCUT2D eigenvalue weighted by molar-refractivity contribution is 6.30. The number of carbonyl (C=O) groups is 2. The molecule has 5 heteroatoms. The van der Waals surface area contributed by atoms with Crippen molar-refractivity contribution in [3.63, 3.8) is 0 Å². The lowest BCUT2D eigenvalue weighted by atomic mass is 10.0. The summed E-state index contributed by atoms with van der Waals surface area (Å²) in [5.74, 6) is -0.0943. The molecule has 0 radical (unpaired) electrons. The number of hydrogen-bond acceptors (Lipinski definition) is 2. The fraction of sp³-hybridized carbons (Fsp3) is 0.462. The first-order valence-corrected chi connectivity index (χ1v) is 11.8. The molecule has 2 amide bonds. The number of nitrogens with zero attached hydrogens (tertiary/aromatic N) is 1. The molecule has 3 rings (SSSR count). The second-order valence-electron chi connectivity index (χ2n) is 8.49. The van der Waals surface area contributed by atoms with E-state index in [1.54, 1.807) is 4.90 Å². The molecule has 31 heavy (non-hydrogen) atoms. The molecule has 0 saturated heterocycles. The highest BCUT2D eigenvalue weighted by atomic mass is 35.5. The minimum atomic E-state index is -0.533. The molecule has 1 aliphatic rings. The summed E-state index contributed by atoms with van der Waals surface area (Å²) < 4.78 is 0. The van der Waals surface area contributed by atoms with Gasteiger partial charge in [0.15, 0.2) is 0 Å². The van der Waals surface area contributed by atoms with Crippen LogP contribution in [0.15, 0.2) is 48.5 Å². The van der Waals surface area contributed by atoms with Gasteiger partial charge in [-0.15, -0.1) is 0 Å². The summed E-state index contributed by atoms with van der Waals surface area (Å²) in [6, 6.07) is 15.6. The third-order valence-corrected chi connectivity index (χ3v) is 6.40. The molecule has 1 fully saturated rings. The first-order valence-electron chi connectivity index (χ1n) is 11.4. The third-order valence-electron chi connectivity index (χ3n) is 6.17. The van der Waals surface area contributed by atoms with Crippen molar-refractivity contribution in [1.29, 1.82) is 0 Å². The van der Waals surface area contributed by atoms with E-state index >= 15 is 0 Å². The van der Waals surface area contributed by atoms with Gasteiger partial charge in [-0.3, -0.25) is 9.59 Å². The van der Waals surface area contributed by atoms with E-state index in [2.05, 4.69) is 36.5 Å². The van der Waals surface area contributed by atoms with Crippen molar-refractivity contribution in [2.24, 2.45) is 0 Å². The van der Waals surface area contributed by atoms with Crippen LogP contribution in [0.25, 0.3) is 0 Å². The maximum atomic E-state index is 13.2. The zero-order chi connectivity index (χ0) is 22.2. The summed E-state index contributed by atoms with van der Waals surface area (Å²) in [5.41, 5.74) is 3.35. The molecule has 2 aromatic carbocycles. The van der Waals surface area contributed by atoms with Gasteiger partial charge >= 0.3 is 0 Å². The molecule has 1 N–H and O–H groups in total. The predicted molar refractivity (Wildman–Crippen MR) is 126 cm³/mol. The Kier molecular flexibility index (Phi) is 8.53. The molecule has 4 nitrogen and oxygen atoms in total. The normalized spacial score (nSPS) is 14.9. The van der Waals surface area contributed by atoms with Gasteiger partial charge in [-0.25, -0.2) is 0 Å². The van der Waals surface area contributed by atoms with Gasteiger partial charge in [-0.05, 0) is 61.4 Å². The van der Waals surface area contributed by atoms with Crippen LogP contribution in [-0.4, -0.2) is 28.8 Å². The quantitative estimate of drug-likeness (QED) is 0.574.